The fourth-order valence-electron chi connectivity index (χ4n) is 2.12. The maximum absolute atomic E-state index is 11.5. The summed E-state index contributed by atoms with van der Waals surface area (Å²) in [5.41, 5.74) is 0. The van der Waals surface area contributed by atoms with Gasteiger partial charge in [-0.3, -0.25) is 9.59 Å². The van der Waals surface area contributed by atoms with Crippen molar-refractivity contribution in [2.45, 2.75) is 71.3 Å². The van der Waals surface area contributed by atoms with Gasteiger partial charge in [0, 0.05) is 6.42 Å². The van der Waals surface area contributed by atoms with Crippen LogP contribution in [0.3, 0.4) is 0 Å². The van der Waals surface area contributed by atoms with Crippen LogP contribution in [0.15, 0.2) is 60.8 Å². The number of carbonyl (C=O) groups excluding carboxylic acids is 1. The molecule has 0 saturated carbocycles. The monoisotopic (exact) mass is 373 g/mol. The van der Waals surface area contributed by atoms with Crippen LogP contribution in [0.2, 0.25) is 0 Å². The number of unbranched alkanes of at least 4 members (excludes halogenated alkanes) is 1. The van der Waals surface area contributed by atoms with Crippen molar-refractivity contribution in [3.63, 3.8) is 0 Å². The molecular weight excluding hydrogens is 338 g/mol. The molecule has 0 aromatic carbocycles. The van der Waals surface area contributed by atoms with Gasteiger partial charge in [0.2, 0.25) is 5.91 Å². The highest BCUT2D eigenvalue weighted by Crippen LogP contribution is 2.00. The SMILES string of the molecule is CC/C=C\C/C=C\C/C=C\C/C=C\C/C=C\CCCC(=O)NC(C)C(=O)O. The number of hydrogen-bond donors (Lipinski definition) is 2. The molecular formula is C23H35NO3. The number of allylic oxidation sites excluding steroid dienone is 10. The fraction of sp³-hybridized carbons (Fsp3) is 0.478. The number of carboxylic acids is 1. The molecule has 4 heteroatoms. The van der Waals surface area contributed by atoms with E-state index in [-0.39, 0.29) is 5.91 Å². The van der Waals surface area contributed by atoms with E-state index < -0.39 is 12.0 Å². The first-order valence-corrected chi connectivity index (χ1v) is 9.85. The number of hydrogen-bond acceptors (Lipinski definition) is 2. The molecule has 0 bridgehead atoms. The summed E-state index contributed by atoms with van der Waals surface area (Å²) in [6.45, 7) is 3.60. The van der Waals surface area contributed by atoms with Gasteiger partial charge in [-0.25, -0.2) is 0 Å². The summed E-state index contributed by atoms with van der Waals surface area (Å²) in [5.74, 6) is -1.22. The molecule has 0 spiro atoms. The summed E-state index contributed by atoms with van der Waals surface area (Å²) >= 11 is 0. The maximum Gasteiger partial charge on any atom is 0.325 e. The Morgan fingerprint density at radius 1 is 0.815 bits per heavy atom. The van der Waals surface area contributed by atoms with Gasteiger partial charge in [0.15, 0.2) is 0 Å². The molecule has 2 N–H and O–H groups in total. The minimum atomic E-state index is -1.01. The molecule has 0 rings (SSSR count). The second kappa shape index (κ2) is 18.4. The van der Waals surface area contributed by atoms with E-state index in [0.29, 0.717) is 6.42 Å². The van der Waals surface area contributed by atoms with Gasteiger partial charge in [0.05, 0.1) is 0 Å². The number of carboxylic acid groups (broad SMARTS) is 1. The minimum Gasteiger partial charge on any atom is -0.480 e. The van der Waals surface area contributed by atoms with Gasteiger partial charge < -0.3 is 10.4 Å². The molecule has 1 atom stereocenters. The average Bonchev–Trinajstić information content (AvgIpc) is 2.64. The number of aliphatic carboxylic acids is 1. The second-order valence-electron chi connectivity index (χ2n) is 6.23. The van der Waals surface area contributed by atoms with Crippen LogP contribution < -0.4 is 5.32 Å². The third-order valence-electron chi connectivity index (χ3n) is 3.68. The van der Waals surface area contributed by atoms with E-state index in [2.05, 4.69) is 73.0 Å². The third-order valence-corrected chi connectivity index (χ3v) is 3.68. The Morgan fingerprint density at radius 2 is 1.26 bits per heavy atom. The van der Waals surface area contributed by atoms with E-state index in [0.717, 1.165) is 44.9 Å². The second-order valence-corrected chi connectivity index (χ2v) is 6.23. The van der Waals surface area contributed by atoms with Gasteiger partial charge in [0.1, 0.15) is 6.04 Å². The lowest BCUT2D eigenvalue weighted by molar-refractivity contribution is -0.141. The number of amides is 1. The van der Waals surface area contributed by atoms with Crippen molar-refractivity contribution >= 4 is 11.9 Å². The Hall–Kier alpha value is -2.36. The largest absolute Gasteiger partial charge is 0.480 e. The summed E-state index contributed by atoms with van der Waals surface area (Å²) in [7, 11) is 0. The summed E-state index contributed by atoms with van der Waals surface area (Å²) in [5, 5.41) is 11.2. The molecule has 0 aliphatic carbocycles. The first-order chi connectivity index (χ1) is 13.1. The van der Waals surface area contributed by atoms with Crippen LogP contribution in [0.4, 0.5) is 0 Å². The van der Waals surface area contributed by atoms with Gasteiger partial charge in [0.25, 0.3) is 0 Å². The zero-order valence-corrected chi connectivity index (χ0v) is 16.8. The molecule has 0 aromatic rings. The first-order valence-electron chi connectivity index (χ1n) is 9.85. The molecule has 0 aromatic heterocycles. The lowest BCUT2D eigenvalue weighted by Gasteiger charge is -2.08. The Labute approximate surface area is 164 Å². The first kappa shape index (κ1) is 24.6. The highest BCUT2D eigenvalue weighted by molar-refractivity contribution is 5.83. The predicted molar refractivity (Wildman–Crippen MR) is 114 cm³/mol. The minimum absolute atomic E-state index is 0.211. The van der Waals surface area contributed by atoms with Crippen LogP contribution in [0.25, 0.3) is 0 Å². The zero-order valence-electron chi connectivity index (χ0n) is 16.8. The van der Waals surface area contributed by atoms with Crippen LogP contribution in [0, 0.1) is 0 Å². The molecule has 0 radical (unpaired) electrons. The van der Waals surface area contributed by atoms with E-state index in [4.69, 9.17) is 5.11 Å². The number of rotatable bonds is 15. The summed E-state index contributed by atoms with van der Waals surface area (Å²) in [6.07, 6.45) is 28.3. The predicted octanol–water partition coefficient (Wildman–Crippen LogP) is 5.50. The molecule has 150 valence electrons. The lowest BCUT2D eigenvalue weighted by Crippen LogP contribution is -2.38. The van der Waals surface area contributed by atoms with Crippen molar-refractivity contribution in [2.24, 2.45) is 0 Å². The zero-order chi connectivity index (χ0) is 20.2. The normalized spacial score (nSPS) is 13.6. The van der Waals surface area contributed by atoms with Crippen molar-refractivity contribution in [1.29, 1.82) is 0 Å². The van der Waals surface area contributed by atoms with Crippen molar-refractivity contribution in [2.75, 3.05) is 0 Å². The van der Waals surface area contributed by atoms with Gasteiger partial charge in [-0.15, -0.1) is 0 Å². The van der Waals surface area contributed by atoms with Crippen LogP contribution in [0.5, 0.6) is 0 Å². The summed E-state index contributed by atoms with van der Waals surface area (Å²) < 4.78 is 0. The summed E-state index contributed by atoms with van der Waals surface area (Å²) in [4.78, 5) is 22.1. The van der Waals surface area contributed by atoms with Crippen LogP contribution in [-0.4, -0.2) is 23.0 Å². The van der Waals surface area contributed by atoms with Gasteiger partial charge >= 0.3 is 5.97 Å². The van der Waals surface area contributed by atoms with Crippen molar-refractivity contribution in [3.05, 3.63) is 60.8 Å². The van der Waals surface area contributed by atoms with E-state index in [9.17, 15) is 9.59 Å². The van der Waals surface area contributed by atoms with E-state index in [1.807, 2.05) is 0 Å². The van der Waals surface area contributed by atoms with Gasteiger partial charge in [-0.05, 0) is 51.9 Å². The molecule has 0 saturated heterocycles. The van der Waals surface area contributed by atoms with Gasteiger partial charge in [-0.1, -0.05) is 67.7 Å². The van der Waals surface area contributed by atoms with E-state index in [1.165, 1.54) is 6.92 Å². The quantitative estimate of drug-likeness (QED) is 0.294. The Morgan fingerprint density at radius 3 is 1.70 bits per heavy atom. The Bertz CT molecular complexity index is 542. The third kappa shape index (κ3) is 18.2. The standard InChI is InChI=1S/C23H35NO3/c1-3-4-5-6-7-8-9-10-11-12-13-14-15-16-17-18-19-20-22(25)24-21(2)23(26)27/h4-5,7-8,10-11,13-14,16-17,21H,3,6,9,12,15,18-20H2,1-2H3,(H,24,25)(H,26,27)/b5-4-,8-7-,11-10-,14-13-,17-16-. The van der Waals surface area contributed by atoms with Crippen LogP contribution in [-0.2, 0) is 9.59 Å². The van der Waals surface area contributed by atoms with Gasteiger partial charge in [-0.2, -0.15) is 0 Å². The highest BCUT2D eigenvalue weighted by Gasteiger charge is 2.12. The maximum atomic E-state index is 11.5. The molecule has 0 heterocycles. The molecule has 27 heavy (non-hydrogen) atoms. The fourth-order valence-corrected chi connectivity index (χ4v) is 2.12. The van der Waals surface area contributed by atoms with E-state index in [1.54, 1.807) is 0 Å². The highest BCUT2D eigenvalue weighted by atomic mass is 16.4. The molecule has 1 unspecified atom stereocenters. The van der Waals surface area contributed by atoms with Crippen LogP contribution in [0.1, 0.15) is 65.2 Å². The summed E-state index contributed by atoms with van der Waals surface area (Å²) in [6, 6.07) is -0.828. The van der Waals surface area contributed by atoms with Crippen molar-refractivity contribution in [1.82, 2.24) is 5.32 Å². The van der Waals surface area contributed by atoms with Crippen molar-refractivity contribution in [3.8, 4) is 0 Å². The topological polar surface area (TPSA) is 66.4 Å². The smallest absolute Gasteiger partial charge is 0.325 e. The Balaban J connectivity index is 3.60. The van der Waals surface area contributed by atoms with Crippen LogP contribution >= 0.6 is 0 Å². The molecule has 0 aliphatic rings. The van der Waals surface area contributed by atoms with Crippen molar-refractivity contribution < 1.29 is 14.7 Å². The average molecular weight is 374 g/mol. The molecule has 1 amide bonds. The number of nitrogens with one attached hydrogen (secondary N) is 1. The molecule has 0 fully saturated rings. The number of carbonyl (C=O) groups is 2. The van der Waals surface area contributed by atoms with E-state index >= 15 is 0 Å². The molecule has 4 nitrogen and oxygen atoms in total. The molecule has 0 aliphatic heterocycles. The lowest BCUT2D eigenvalue weighted by atomic mass is 10.2. The Kier molecular flexibility index (Phi) is 16.8.